The molecule has 0 atom stereocenters. The summed E-state index contributed by atoms with van der Waals surface area (Å²) in [7, 11) is 0. The van der Waals surface area contributed by atoms with Crippen LogP contribution in [0.1, 0.15) is 16.8 Å². The highest BCUT2D eigenvalue weighted by atomic mass is 35.5. The average Bonchev–Trinajstić information content (AvgIpc) is 2.87. The Morgan fingerprint density at radius 3 is 2.81 bits per heavy atom. The Balaban J connectivity index is 1.97. The SMILES string of the molecule is Cc1c(C)n2c(SCc3ccccc3Cl)nnc2[nH]c1=O. The molecule has 0 aliphatic heterocycles. The molecule has 0 aliphatic rings. The maximum absolute atomic E-state index is 11.7. The van der Waals surface area contributed by atoms with E-state index in [4.69, 9.17) is 11.6 Å². The van der Waals surface area contributed by atoms with E-state index in [0.717, 1.165) is 21.4 Å². The number of aromatic nitrogens is 4. The van der Waals surface area contributed by atoms with Crippen LogP contribution < -0.4 is 5.56 Å². The summed E-state index contributed by atoms with van der Waals surface area (Å²) < 4.78 is 1.86. The molecule has 0 spiro atoms. The Hall–Kier alpha value is -1.79. The van der Waals surface area contributed by atoms with Gasteiger partial charge in [0.15, 0.2) is 5.16 Å². The van der Waals surface area contributed by atoms with Gasteiger partial charge in [-0.3, -0.25) is 14.2 Å². The van der Waals surface area contributed by atoms with Crippen molar-refractivity contribution in [3.8, 4) is 0 Å². The number of aromatic amines is 1. The van der Waals surface area contributed by atoms with E-state index in [1.807, 2.05) is 35.6 Å². The number of hydrogen-bond acceptors (Lipinski definition) is 4. The Labute approximate surface area is 130 Å². The minimum Gasteiger partial charge on any atom is -0.290 e. The molecule has 5 nitrogen and oxygen atoms in total. The van der Waals surface area contributed by atoms with Crippen molar-refractivity contribution in [3.05, 3.63) is 56.5 Å². The van der Waals surface area contributed by atoms with Gasteiger partial charge in [-0.2, -0.15) is 0 Å². The summed E-state index contributed by atoms with van der Waals surface area (Å²) in [6, 6.07) is 7.71. The molecule has 1 aromatic carbocycles. The smallest absolute Gasteiger partial charge is 0.255 e. The molecule has 0 saturated carbocycles. The summed E-state index contributed by atoms with van der Waals surface area (Å²) in [4.78, 5) is 14.4. The molecule has 7 heteroatoms. The summed E-state index contributed by atoms with van der Waals surface area (Å²) in [5, 5.41) is 9.64. The summed E-state index contributed by atoms with van der Waals surface area (Å²) >= 11 is 7.69. The van der Waals surface area contributed by atoms with Gasteiger partial charge in [-0.15, -0.1) is 10.2 Å². The van der Waals surface area contributed by atoms with Crippen LogP contribution in [0, 0.1) is 13.8 Å². The van der Waals surface area contributed by atoms with Gasteiger partial charge in [-0.25, -0.2) is 0 Å². The second-order valence-corrected chi connectivity index (χ2v) is 6.04. The summed E-state index contributed by atoms with van der Waals surface area (Å²) in [5.41, 5.74) is 2.43. The van der Waals surface area contributed by atoms with E-state index in [2.05, 4.69) is 15.2 Å². The van der Waals surface area contributed by atoms with E-state index in [1.54, 1.807) is 6.92 Å². The number of fused-ring (bicyclic) bond motifs is 1. The van der Waals surface area contributed by atoms with Crippen molar-refractivity contribution < 1.29 is 0 Å². The van der Waals surface area contributed by atoms with Gasteiger partial charge in [-0.1, -0.05) is 41.6 Å². The van der Waals surface area contributed by atoms with E-state index >= 15 is 0 Å². The van der Waals surface area contributed by atoms with Crippen molar-refractivity contribution >= 4 is 29.1 Å². The Morgan fingerprint density at radius 1 is 1.29 bits per heavy atom. The lowest BCUT2D eigenvalue weighted by Gasteiger charge is -2.06. The number of aryl methyl sites for hydroxylation is 1. The molecule has 2 aromatic heterocycles. The molecule has 2 heterocycles. The second-order valence-electron chi connectivity index (χ2n) is 4.69. The van der Waals surface area contributed by atoms with Crippen molar-refractivity contribution in [2.45, 2.75) is 24.8 Å². The third kappa shape index (κ3) is 2.56. The lowest BCUT2D eigenvalue weighted by molar-refractivity contribution is 0.875. The van der Waals surface area contributed by atoms with Crippen LogP contribution in [0.3, 0.4) is 0 Å². The minimum absolute atomic E-state index is 0.130. The van der Waals surface area contributed by atoms with Crippen molar-refractivity contribution in [2.24, 2.45) is 0 Å². The van der Waals surface area contributed by atoms with E-state index in [0.29, 0.717) is 17.1 Å². The molecule has 0 bridgehead atoms. The van der Waals surface area contributed by atoms with Crippen LogP contribution in [0.15, 0.2) is 34.2 Å². The molecular weight excluding hydrogens is 308 g/mol. The topological polar surface area (TPSA) is 63.1 Å². The van der Waals surface area contributed by atoms with Crippen molar-refractivity contribution in [2.75, 3.05) is 0 Å². The van der Waals surface area contributed by atoms with Crippen LogP contribution in [0.25, 0.3) is 5.78 Å². The lowest BCUT2D eigenvalue weighted by atomic mass is 10.2. The van der Waals surface area contributed by atoms with Crippen LogP contribution in [0.5, 0.6) is 0 Å². The van der Waals surface area contributed by atoms with Crippen LogP contribution in [0.2, 0.25) is 5.02 Å². The van der Waals surface area contributed by atoms with Gasteiger partial charge in [-0.05, 0) is 25.5 Å². The number of H-pyrrole nitrogens is 1. The number of nitrogens with one attached hydrogen (secondary N) is 1. The maximum Gasteiger partial charge on any atom is 0.255 e. The minimum atomic E-state index is -0.130. The molecule has 21 heavy (non-hydrogen) atoms. The first kappa shape index (κ1) is 14.2. The zero-order chi connectivity index (χ0) is 15.0. The van der Waals surface area contributed by atoms with Gasteiger partial charge in [0, 0.05) is 22.0 Å². The van der Waals surface area contributed by atoms with Crippen LogP contribution in [-0.2, 0) is 5.75 Å². The highest BCUT2D eigenvalue weighted by molar-refractivity contribution is 7.98. The Bertz CT molecular complexity index is 871. The Morgan fingerprint density at radius 2 is 2.05 bits per heavy atom. The number of rotatable bonds is 3. The fourth-order valence-electron chi connectivity index (χ4n) is 2.03. The number of nitrogens with zero attached hydrogens (tertiary/aromatic N) is 3. The normalized spacial score (nSPS) is 11.2. The van der Waals surface area contributed by atoms with Crippen molar-refractivity contribution in [1.82, 2.24) is 19.6 Å². The number of hydrogen-bond donors (Lipinski definition) is 1. The molecule has 3 aromatic rings. The van der Waals surface area contributed by atoms with E-state index in [9.17, 15) is 4.79 Å². The van der Waals surface area contributed by atoms with Gasteiger partial charge in [0.1, 0.15) is 0 Å². The van der Waals surface area contributed by atoms with Crippen molar-refractivity contribution in [1.29, 1.82) is 0 Å². The fraction of sp³-hybridized carbons (Fsp3) is 0.214. The highest BCUT2D eigenvalue weighted by Gasteiger charge is 2.13. The molecule has 108 valence electrons. The van der Waals surface area contributed by atoms with Gasteiger partial charge in [0.05, 0.1) is 0 Å². The molecule has 0 amide bonds. The molecule has 0 unspecified atom stereocenters. The summed E-state index contributed by atoms with van der Waals surface area (Å²) in [6.45, 7) is 3.68. The molecular formula is C14H13ClN4OS. The average molecular weight is 321 g/mol. The standard InChI is InChI=1S/C14H13ClN4OS/c1-8-9(2)19-13(16-12(8)20)17-18-14(19)21-7-10-5-3-4-6-11(10)15/h3-6H,7H2,1-2H3,(H,16,17,20). The summed E-state index contributed by atoms with van der Waals surface area (Å²) in [6.07, 6.45) is 0. The van der Waals surface area contributed by atoms with Gasteiger partial charge in [0.2, 0.25) is 5.78 Å². The molecule has 0 fully saturated rings. The Kier molecular flexibility index (Phi) is 3.73. The quantitative estimate of drug-likeness (QED) is 0.754. The van der Waals surface area contributed by atoms with Gasteiger partial charge < -0.3 is 0 Å². The maximum atomic E-state index is 11.7. The third-order valence-electron chi connectivity index (χ3n) is 3.39. The van der Waals surface area contributed by atoms with E-state index in [1.165, 1.54) is 11.8 Å². The van der Waals surface area contributed by atoms with Crippen LogP contribution in [0.4, 0.5) is 0 Å². The highest BCUT2D eigenvalue weighted by Crippen LogP contribution is 2.26. The number of benzene rings is 1. The van der Waals surface area contributed by atoms with Crippen molar-refractivity contribution in [3.63, 3.8) is 0 Å². The molecule has 0 saturated heterocycles. The molecule has 0 radical (unpaired) electrons. The van der Waals surface area contributed by atoms with Gasteiger partial charge >= 0.3 is 0 Å². The zero-order valence-corrected chi connectivity index (χ0v) is 13.1. The van der Waals surface area contributed by atoms with E-state index in [-0.39, 0.29) is 5.56 Å². The molecule has 1 N–H and O–H groups in total. The summed E-state index contributed by atoms with van der Waals surface area (Å²) in [5.74, 6) is 1.16. The van der Waals surface area contributed by atoms with Crippen LogP contribution in [-0.4, -0.2) is 19.6 Å². The first-order valence-electron chi connectivity index (χ1n) is 6.38. The fourth-order valence-corrected chi connectivity index (χ4v) is 3.30. The number of thioether (sulfide) groups is 1. The molecule has 0 aliphatic carbocycles. The monoisotopic (exact) mass is 320 g/mol. The van der Waals surface area contributed by atoms with Gasteiger partial charge in [0.25, 0.3) is 5.56 Å². The number of halogens is 1. The first-order chi connectivity index (χ1) is 10.1. The lowest BCUT2D eigenvalue weighted by Crippen LogP contribution is -2.15. The van der Waals surface area contributed by atoms with E-state index < -0.39 is 0 Å². The molecule has 3 rings (SSSR count). The first-order valence-corrected chi connectivity index (χ1v) is 7.75. The predicted octanol–water partition coefficient (Wildman–Crippen LogP) is 2.98. The zero-order valence-electron chi connectivity index (χ0n) is 11.6. The third-order valence-corrected chi connectivity index (χ3v) is 4.74. The van der Waals surface area contributed by atoms with Crippen LogP contribution >= 0.6 is 23.4 Å². The predicted molar refractivity (Wildman–Crippen MR) is 84.1 cm³/mol. The largest absolute Gasteiger partial charge is 0.290 e. The second kappa shape index (κ2) is 5.54.